The lowest BCUT2D eigenvalue weighted by atomic mass is 9.82. The summed E-state index contributed by atoms with van der Waals surface area (Å²) in [4.78, 5) is 14.0. The van der Waals surface area contributed by atoms with Crippen molar-refractivity contribution in [2.24, 2.45) is 0 Å². The van der Waals surface area contributed by atoms with Crippen LogP contribution in [0.1, 0.15) is 50.0 Å². The molecule has 1 saturated carbocycles. The van der Waals surface area contributed by atoms with E-state index >= 15 is 0 Å². The fraction of sp³-hybridized carbons (Fsp3) is 0.682. The smallest absolute Gasteiger partial charge is 0.453 e. The number of hydrogen-bond donors (Lipinski definition) is 1. The Bertz CT molecular complexity index is 742. The van der Waals surface area contributed by atoms with E-state index in [-0.39, 0.29) is 35.9 Å². The largest absolute Gasteiger partial charge is 0.573 e. The predicted octanol–water partition coefficient (Wildman–Crippen LogP) is 5.10. The highest BCUT2D eigenvalue weighted by atomic mass is 32.2. The zero-order valence-corrected chi connectivity index (χ0v) is 19.2. The average molecular weight is 477 g/mol. The number of benzene rings is 1. The molecule has 1 saturated heterocycles. The Hall–Kier alpha value is -1.65. The summed E-state index contributed by atoms with van der Waals surface area (Å²) in [6.07, 6.45) is 2.18. The first-order chi connectivity index (χ1) is 15.3. The van der Waals surface area contributed by atoms with E-state index in [4.69, 9.17) is 9.47 Å². The number of ether oxygens (including phenoxy) is 3. The monoisotopic (exact) mass is 476 g/mol. The van der Waals surface area contributed by atoms with Crippen LogP contribution in [0.2, 0.25) is 0 Å². The van der Waals surface area contributed by atoms with E-state index in [1.807, 2.05) is 12.3 Å². The lowest BCUT2D eigenvalue weighted by Gasteiger charge is -2.41. The van der Waals surface area contributed by atoms with Gasteiger partial charge in [0, 0.05) is 12.6 Å². The first-order valence-electron chi connectivity index (χ1n) is 10.9. The lowest BCUT2D eigenvalue weighted by molar-refractivity contribution is -0.274. The van der Waals surface area contributed by atoms with E-state index in [0.717, 1.165) is 44.1 Å². The van der Waals surface area contributed by atoms with Crippen molar-refractivity contribution < 1.29 is 32.2 Å². The van der Waals surface area contributed by atoms with Crippen LogP contribution in [0.4, 0.5) is 18.0 Å². The molecule has 32 heavy (non-hydrogen) atoms. The minimum atomic E-state index is -4.69. The SMILES string of the molecule is COC(=O)N1CCCC(NSC)[C@@H]1CO[C@H]1CC[C@@H](c2cccc(OC(F)(F)F)c2)CC1. The highest BCUT2D eigenvalue weighted by molar-refractivity contribution is 7.96. The third kappa shape index (κ3) is 6.92. The Labute approximate surface area is 191 Å². The van der Waals surface area contributed by atoms with Gasteiger partial charge in [0.25, 0.3) is 0 Å². The van der Waals surface area contributed by atoms with Crippen molar-refractivity contribution in [1.82, 2.24) is 9.62 Å². The van der Waals surface area contributed by atoms with Crippen LogP contribution in [-0.4, -0.2) is 62.1 Å². The van der Waals surface area contributed by atoms with Crippen LogP contribution < -0.4 is 9.46 Å². The number of nitrogens with one attached hydrogen (secondary N) is 1. The Morgan fingerprint density at radius 2 is 1.97 bits per heavy atom. The zero-order chi connectivity index (χ0) is 23.1. The number of likely N-dealkylation sites (tertiary alicyclic amines) is 1. The fourth-order valence-corrected chi connectivity index (χ4v) is 5.24. The van der Waals surface area contributed by atoms with Crippen LogP contribution in [0.3, 0.4) is 0 Å². The van der Waals surface area contributed by atoms with Crippen LogP contribution in [0.15, 0.2) is 24.3 Å². The molecule has 1 N–H and O–H groups in total. The first-order valence-corrected chi connectivity index (χ1v) is 12.1. The molecule has 0 radical (unpaired) electrons. The molecular weight excluding hydrogens is 445 g/mol. The molecule has 1 aliphatic heterocycles. The summed E-state index contributed by atoms with van der Waals surface area (Å²) in [5.41, 5.74) is 0.860. The fourth-order valence-electron chi connectivity index (χ4n) is 4.66. The zero-order valence-electron chi connectivity index (χ0n) is 18.4. The molecule has 2 aliphatic rings. The van der Waals surface area contributed by atoms with Gasteiger partial charge in [-0.2, -0.15) is 0 Å². The Morgan fingerprint density at radius 3 is 2.62 bits per heavy atom. The predicted molar refractivity (Wildman–Crippen MR) is 117 cm³/mol. The number of methoxy groups -OCH3 is 1. The van der Waals surface area contributed by atoms with E-state index < -0.39 is 6.36 Å². The van der Waals surface area contributed by atoms with Gasteiger partial charge in [-0.1, -0.05) is 24.1 Å². The van der Waals surface area contributed by atoms with Crippen molar-refractivity contribution in [2.45, 2.75) is 69.0 Å². The quantitative estimate of drug-likeness (QED) is 0.553. The average Bonchev–Trinajstić information content (AvgIpc) is 2.77. The van der Waals surface area contributed by atoms with E-state index in [1.165, 1.54) is 31.2 Å². The summed E-state index contributed by atoms with van der Waals surface area (Å²) < 4.78 is 56.1. The maximum atomic E-state index is 12.5. The molecule has 2 fully saturated rings. The molecule has 0 aromatic heterocycles. The second-order valence-electron chi connectivity index (χ2n) is 8.23. The molecule has 0 bridgehead atoms. The number of halogens is 3. The van der Waals surface area contributed by atoms with Gasteiger partial charge in [-0.15, -0.1) is 13.2 Å². The number of amides is 1. The number of carbonyl (C=O) groups is 1. The van der Waals surface area contributed by atoms with Gasteiger partial charge in [-0.3, -0.25) is 4.72 Å². The molecule has 180 valence electrons. The summed E-state index contributed by atoms with van der Waals surface area (Å²) >= 11 is 1.53. The molecule has 1 aliphatic carbocycles. The van der Waals surface area contributed by atoms with Crippen molar-refractivity contribution >= 4 is 18.0 Å². The van der Waals surface area contributed by atoms with Gasteiger partial charge >= 0.3 is 12.5 Å². The van der Waals surface area contributed by atoms with Crippen molar-refractivity contribution in [3.63, 3.8) is 0 Å². The van der Waals surface area contributed by atoms with Crippen molar-refractivity contribution in [2.75, 3.05) is 26.5 Å². The van der Waals surface area contributed by atoms with Crippen LogP contribution >= 0.6 is 11.9 Å². The molecule has 1 aromatic carbocycles. The van der Waals surface area contributed by atoms with E-state index in [2.05, 4.69) is 9.46 Å². The second kappa shape index (κ2) is 11.5. The molecule has 1 unspecified atom stereocenters. The number of alkyl halides is 3. The molecule has 10 heteroatoms. The number of nitrogens with zero attached hydrogens (tertiary/aromatic N) is 1. The Morgan fingerprint density at radius 1 is 1.22 bits per heavy atom. The van der Waals surface area contributed by atoms with Crippen LogP contribution in [0, 0.1) is 0 Å². The molecule has 6 nitrogen and oxygen atoms in total. The third-order valence-electron chi connectivity index (χ3n) is 6.20. The van der Waals surface area contributed by atoms with Crippen molar-refractivity contribution in [3.05, 3.63) is 29.8 Å². The van der Waals surface area contributed by atoms with Gasteiger partial charge in [0.05, 0.1) is 25.9 Å². The van der Waals surface area contributed by atoms with Gasteiger partial charge in [-0.05, 0) is 68.4 Å². The molecule has 1 aromatic rings. The molecule has 0 spiro atoms. The van der Waals surface area contributed by atoms with E-state index in [9.17, 15) is 18.0 Å². The van der Waals surface area contributed by atoms with Crippen LogP contribution in [0.25, 0.3) is 0 Å². The highest BCUT2D eigenvalue weighted by Gasteiger charge is 2.36. The van der Waals surface area contributed by atoms with Crippen LogP contribution in [-0.2, 0) is 9.47 Å². The lowest BCUT2D eigenvalue weighted by Crippen LogP contribution is -2.57. The maximum absolute atomic E-state index is 12.5. The van der Waals surface area contributed by atoms with Crippen molar-refractivity contribution in [3.8, 4) is 5.75 Å². The van der Waals surface area contributed by atoms with E-state index in [1.54, 1.807) is 11.0 Å². The van der Waals surface area contributed by atoms with Crippen molar-refractivity contribution in [1.29, 1.82) is 0 Å². The van der Waals surface area contributed by atoms with Gasteiger partial charge in [0.2, 0.25) is 0 Å². The number of hydrogen-bond acceptors (Lipinski definition) is 6. The summed E-state index contributed by atoms with van der Waals surface area (Å²) in [6, 6.07) is 6.28. The minimum absolute atomic E-state index is 0.0669. The van der Waals surface area contributed by atoms with Gasteiger partial charge < -0.3 is 19.1 Å². The second-order valence-corrected chi connectivity index (χ2v) is 8.87. The number of rotatable bonds is 7. The molecular formula is C22H31F3N2O4S. The summed E-state index contributed by atoms with van der Waals surface area (Å²) in [5, 5.41) is 0. The standard InChI is InChI=1S/C22H31F3N2O4S/c1-29-21(28)27-12-4-7-19(26-32-2)20(27)14-30-17-10-8-15(9-11-17)16-5-3-6-18(13-16)31-22(23,24)25/h3,5-6,13,15,17,19-20,26H,4,7-12,14H2,1-2H3/t15-,17+,19?,20-/m0/s1. The first kappa shape index (κ1) is 25.0. The summed E-state index contributed by atoms with van der Waals surface area (Å²) in [5.74, 6) is -0.000280. The van der Waals surface area contributed by atoms with E-state index in [0.29, 0.717) is 13.2 Å². The summed E-state index contributed by atoms with van der Waals surface area (Å²) in [6.45, 7) is 1.08. The van der Waals surface area contributed by atoms with Gasteiger partial charge in [0.15, 0.2) is 0 Å². The summed E-state index contributed by atoms with van der Waals surface area (Å²) in [7, 11) is 1.39. The molecule has 1 amide bonds. The van der Waals surface area contributed by atoms with Gasteiger partial charge in [-0.25, -0.2) is 4.79 Å². The molecule has 3 rings (SSSR count). The topological polar surface area (TPSA) is 60.0 Å². The van der Waals surface area contributed by atoms with Crippen LogP contribution in [0.5, 0.6) is 5.75 Å². The normalized spacial score (nSPS) is 26.6. The minimum Gasteiger partial charge on any atom is -0.453 e. The Kier molecular flexibility index (Phi) is 8.95. The maximum Gasteiger partial charge on any atom is 0.573 e. The molecule has 1 heterocycles. The van der Waals surface area contributed by atoms with Gasteiger partial charge in [0.1, 0.15) is 5.75 Å². The third-order valence-corrected chi connectivity index (χ3v) is 6.74. The number of carbonyl (C=O) groups excluding carboxylic acids is 1. The number of piperidine rings is 1. The highest BCUT2D eigenvalue weighted by Crippen LogP contribution is 2.36. The molecule has 2 atom stereocenters. The Balaban J connectivity index is 1.54.